The highest BCUT2D eigenvalue weighted by molar-refractivity contribution is 5.29. The second-order valence-corrected chi connectivity index (χ2v) is 4.28. The van der Waals surface area contributed by atoms with Gasteiger partial charge in [-0.05, 0) is 42.3 Å². The minimum atomic E-state index is -0.247. The van der Waals surface area contributed by atoms with E-state index in [0.717, 1.165) is 16.9 Å². The molecule has 0 aliphatic heterocycles. The largest absolute Gasteiger partial charge is 0.489 e. The number of hydrogen-bond acceptors (Lipinski definition) is 2. The lowest BCUT2D eigenvalue weighted by molar-refractivity contribution is 0.305. The van der Waals surface area contributed by atoms with E-state index < -0.39 is 0 Å². The fraction of sp³-hybridized carbons (Fsp3) is 0.200. The molecule has 2 rings (SSSR count). The normalized spacial score (nSPS) is 12.2. The molecule has 0 aliphatic rings. The molecule has 0 amide bonds. The Kier molecular flexibility index (Phi) is 3.95. The van der Waals surface area contributed by atoms with E-state index in [-0.39, 0.29) is 11.9 Å². The van der Waals surface area contributed by atoms with Crippen molar-refractivity contribution in [1.29, 1.82) is 0 Å². The standard InChI is InChI=1S/C15H16FNO/c1-11(17)13-5-7-15(8-6-13)18-10-12-3-2-4-14(16)9-12/h2-9,11H,10,17H2,1H3. The summed E-state index contributed by atoms with van der Waals surface area (Å²) in [5.74, 6) is 0.507. The van der Waals surface area contributed by atoms with Gasteiger partial charge in [-0.3, -0.25) is 0 Å². The Hall–Kier alpha value is -1.87. The molecule has 94 valence electrons. The van der Waals surface area contributed by atoms with E-state index in [4.69, 9.17) is 10.5 Å². The summed E-state index contributed by atoms with van der Waals surface area (Å²) in [5.41, 5.74) is 7.64. The van der Waals surface area contributed by atoms with Crippen molar-refractivity contribution in [2.24, 2.45) is 5.73 Å². The Morgan fingerprint density at radius 1 is 1.17 bits per heavy atom. The second-order valence-electron chi connectivity index (χ2n) is 4.28. The van der Waals surface area contributed by atoms with E-state index in [0.29, 0.717) is 6.61 Å². The fourth-order valence-corrected chi connectivity index (χ4v) is 1.66. The van der Waals surface area contributed by atoms with Gasteiger partial charge < -0.3 is 10.5 Å². The lowest BCUT2D eigenvalue weighted by atomic mass is 10.1. The maximum Gasteiger partial charge on any atom is 0.123 e. The van der Waals surface area contributed by atoms with Crippen LogP contribution in [0.25, 0.3) is 0 Å². The molecule has 0 bridgehead atoms. The zero-order chi connectivity index (χ0) is 13.0. The van der Waals surface area contributed by atoms with Gasteiger partial charge in [0.15, 0.2) is 0 Å². The maximum atomic E-state index is 13.0. The molecule has 2 aromatic rings. The summed E-state index contributed by atoms with van der Waals surface area (Å²) in [4.78, 5) is 0. The monoisotopic (exact) mass is 245 g/mol. The van der Waals surface area contributed by atoms with E-state index in [1.54, 1.807) is 6.07 Å². The molecule has 18 heavy (non-hydrogen) atoms. The van der Waals surface area contributed by atoms with Crippen LogP contribution < -0.4 is 10.5 Å². The van der Waals surface area contributed by atoms with Crippen molar-refractivity contribution in [1.82, 2.24) is 0 Å². The van der Waals surface area contributed by atoms with Crippen LogP contribution in [0.2, 0.25) is 0 Å². The Bertz CT molecular complexity index is 508. The maximum absolute atomic E-state index is 13.0. The number of rotatable bonds is 4. The number of hydrogen-bond donors (Lipinski definition) is 1. The highest BCUT2D eigenvalue weighted by Gasteiger charge is 2.00. The highest BCUT2D eigenvalue weighted by atomic mass is 19.1. The van der Waals surface area contributed by atoms with E-state index in [1.165, 1.54) is 12.1 Å². The molecule has 0 spiro atoms. The predicted molar refractivity (Wildman–Crippen MR) is 69.8 cm³/mol. The van der Waals surface area contributed by atoms with Gasteiger partial charge in [0, 0.05) is 6.04 Å². The first-order valence-corrected chi connectivity index (χ1v) is 5.88. The van der Waals surface area contributed by atoms with Gasteiger partial charge in [0.05, 0.1) is 0 Å². The van der Waals surface area contributed by atoms with Crippen molar-refractivity contribution >= 4 is 0 Å². The molecular formula is C15H16FNO. The van der Waals surface area contributed by atoms with Gasteiger partial charge in [-0.15, -0.1) is 0 Å². The van der Waals surface area contributed by atoms with Crippen LogP contribution in [0.4, 0.5) is 4.39 Å². The predicted octanol–water partition coefficient (Wildman–Crippen LogP) is 3.42. The van der Waals surface area contributed by atoms with Crippen LogP contribution in [0.5, 0.6) is 5.75 Å². The lowest BCUT2D eigenvalue weighted by Crippen LogP contribution is -2.04. The molecule has 1 atom stereocenters. The van der Waals surface area contributed by atoms with Crippen molar-refractivity contribution in [2.75, 3.05) is 0 Å². The van der Waals surface area contributed by atoms with Crippen LogP contribution in [0.3, 0.4) is 0 Å². The van der Waals surface area contributed by atoms with Gasteiger partial charge >= 0.3 is 0 Å². The summed E-state index contributed by atoms with van der Waals surface area (Å²) >= 11 is 0. The van der Waals surface area contributed by atoms with Crippen LogP contribution in [0.1, 0.15) is 24.1 Å². The van der Waals surface area contributed by atoms with Gasteiger partial charge in [-0.2, -0.15) is 0 Å². The van der Waals surface area contributed by atoms with Crippen molar-refractivity contribution in [3.63, 3.8) is 0 Å². The Balaban J connectivity index is 1.98. The molecule has 0 aromatic heterocycles. The first-order valence-electron chi connectivity index (χ1n) is 5.88. The molecule has 2 N–H and O–H groups in total. The Labute approximate surface area is 106 Å². The van der Waals surface area contributed by atoms with Crippen LogP contribution in [0, 0.1) is 5.82 Å². The van der Waals surface area contributed by atoms with Crippen molar-refractivity contribution in [3.8, 4) is 5.75 Å². The summed E-state index contributed by atoms with van der Waals surface area (Å²) in [6, 6.07) is 14.0. The van der Waals surface area contributed by atoms with Gasteiger partial charge in [-0.1, -0.05) is 24.3 Å². The number of nitrogens with two attached hydrogens (primary N) is 1. The zero-order valence-electron chi connectivity index (χ0n) is 10.3. The summed E-state index contributed by atoms with van der Waals surface area (Å²) in [5, 5.41) is 0. The quantitative estimate of drug-likeness (QED) is 0.895. The number of halogens is 1. The molecule has 0 fully saturated rings. The topological polar surface area (TPSA) is 35.2 Å². The van der Waals surface area contributed by atoms with Gasteiger partial charge in [0.1, 0.15) is 18.2 Å². The van der Waals surface area contributed by atoms with E-state index in [9.17, 15) is 4.39 Å². The Morgan fingerprint density at radius 2 is 1.89 bits per heavy atom. The Morgan fingerprint density at radius 3 is 2.50 bits per heavy atom. The molecule has 0 heterocycles. The molecule has 0 saturated heterocycles. The van der Waals surface area contributed by atoms with Crippen molar-refractivity contribution in [3.05, 3.63) is 65.5 Å². The van der Waals surface area contributed by atoms with Crippen LogP contribution in [0.15, 0.2) is 48.5 Å². The molecule has 0 radical (unpaired) electrons. The molecular weight excluding hydrogens is 229 g/mol. The average Bonchev–Trinajstić information content (AvgIpc) is 2.37. The smallest absolute Gasteiger partial charge is 0.123 e. The first-order chi connectivity index (χ1) is 8.65. The van der Waals surface area contributed by atoms with Crippen molar-refractivity contribution in [2.45, 2.75) is 19.6 Å². The molecule has 2 aromatic carbocycles. The summed E-state index contributed by atoms with van der Waals surface area (Å²) in [6.45, 7) is 2.29. The third-order valence-electron chi connectivity index (χ3n) is 2.70. The second kappa shape index (κ2) is 5.65. The summed E-state index contributed by atoms with van der Waals surface area (Å²) < 4.78 is 18.5. The van der Waals surface area contributed by atoms with Crippen LogP contribution in [-0.4, -0.2) is 0 Å². The van der Waals surface area contributed by atoms with Gasteiger partial charge in [-0.25, -0.2) is 4.39 Å². The first kappa shape index (κ1) is 12.6. The molecule has 1 unspecified atom stereocenters. The molecule has 0 saturated carbocycles. The lowest BCUT2D eigenvalue weighted by Gasteiger charge is -2.09. The highest BCUT2D eigenvalue weighted by Crippen LogP contribution is 2.17. The number of benzene rings is 2. The summed E-state index contributed by atoms with van der Waals surface area (Å²) in [7, 11) is 0. The van der Waals surface area contributed by atoms with Gasteiger partial charge in [0.2, 0.25) is 0 Å². The van der Waals surface area contributed by atoms with E-state index in [2.05, 4.69) is 0 Å². The zero-order valence-corrected chi connectivity index (χ0v) is 10.3. The minimum Gasteiger partial charge on any atom is -0.489 e. The third kappa shape index (κ3) is 3.31. The van der Waals surface area contributed by atoms with Gasteiger partial charge in [0.25, 0.3) is 0 Å². The van der Waals surface area contributed by atoms with Crippen LogP contribution in [-0.2, 0) is 6.61 Å². The molecule has 2 nitrogen and oxygen atoms in total. The third-order valence-corrected chi connectivity index (χ3v) is 2.70. The van der Waals surface area contributed by atoms with Crippen LogP contribution >= 0.6 is 0 Å². The van der Waals surface area contributed by atoms with E-state index >= 15 is 0 Å². The average molecular weight is 245 g/mol. The molecule has 0 aliphatic carbocycles. The van der Waals surface area contributed by atoms with E-state index in [1.807, 2.05) is 37.3 Å². The molecule has 3 heteroatoms. The van der Waals surface area contributed by atoms with Crippen molar-refractivity contribution < 1.29 is 9.13 Å². The number of ether oxygens (including phenoxy) is 1. The summed E-state index contributed by atoms with van der Waals surface area (Å²) in [6.07, 6.45) is 0. The minimum absolute atomic E-state index is 0.0160. The fourth-order valence-electron chi connectivity index (χ4n) is 1.66. The SMILES string of the molecule is CC(N)c1ccc(OCc2cccc(F)c2)cc1.